The van der Waals surface area contributed by atoms with E-state index in [1.54, 1.807) is 0 Å². The van der Waals surface area contributed by atoms with Gasteiger partial charge in [0.05, 0.1) is 0 Å². The van der Waals surface area contributed by atoms with Crippen LogP contribution in [-0.2, 0) is 6.54 Å². The minimum Gasteiger partial charge on any atom is -0.359 e. The van der Waals surface area contributed by atoms with E-state index in [0.29, 0.717) is 6.54 Å². The molecule has 0 atom stereocenters. The zero-order chi connectivity index (χ0) is 8.55. The molecule has 0 unspecified atom stereocenters. The number of benzene rings is 1. The number of fused-ring (bicyclic) bond motifs is 1. The van der Waals surface area contributed by atoms with Gasteiger partial charge in [-0.25, -0.2) is 0 Å². The molecule has 13 heavy (non-hydrogen) atoms. The fraction of sp³-hybridized carbons (Fsp3) is 0.200. The van der Waals surface area contributed by atoms with Crippen molar-refractivity contribution in [2.45, 2.75) is 13.5 Å². The lowest BCUT2D eigenvalue weighted by Gasteiger charge is -1.96. The molecule has 0 amide bonds. The molecule has 1 heterocycles. The number of rotatable bonds is 1. The summed E-state index contributed by atoms with van der Waals surface area (Å²) in [6, 6.07) is 8.30. The van der Waals surface area contributed by atoms with E-state index in [0.717, 1.165) is 0 Å². The van der Waals surface area contributed by atoms with Crippen LogP contribution in [0.25, 0.3) is 10.9 Å². The minimum atomic E-state index is 0. The second kappa shape index (κ2) is 3.81. The highest BCUT2D eigenvalue weighted by atomic mass is 35.5. The Morgan fingerprint density at radius 3 is 2.85 bits per heavy atom. The number of aryl methyl sites for hydroxylation is 1. The first-order valence-corrected chi connectivity index (χ1v) is 4.08. The summed E-state index contributed by atoms with van der Waals surface area (Å²) < 4.78 is 0. The molecule has 70 valence electrons. The van der Waals surface area contributed by atoms with E-state index in [9.17, 15) is 0 Å². The van der Waals surface area contributed by atoms with Crippen molar-refractivity contribution in [1.82, 2.24) is 4.98 Å². The second-order valence-corrected chi connectivity index (χ2v) is 3.03. The lowest BCUT2D eigenvalue weighted by molar-refractivity contribution is 1.09. The van der Waals surface area contributed by atoms with Gasteiger partial charge < -0.3 is 10.7 Å². The van der Waals surface area contributed by atoms with Crippen molar-refractivity contribution in [3.8, 4) is 0 Å². The van der Waals surface area contributed by atoms with Crippen LogP contribution in [0.3, 0.4) is 0 Å². The second-order valence-electron chi connectivity index (χ2n) is 3.03. The van der Waals surface area contributed by atoms with Crippen LogP contribution in [0.4, 0.5) is 0 Å². The number of nitrogens with one attached hydrogen (secondary N) is 1. The van der Waals surface area contributed by atoms with Gasteiger partial charge in [0.2, 0.25) is 0 Å². The number of aromatic amines is 1. The van der Waals surface area contributed by atoms with E-state index in [1.165, 1.54) is 22.2 Å². The maximum absolute atomic E-state index is 5.61. The van der Waals surface area contributed by atoms with Gasteiger partial charge in [-0.3, -0.25) is 0 Å². The molecule has 0 aliphatic rings. The van der Waals surface area contributed by atoms with Gasteiger partial charge in [-0.1, -0.05) is 12.1 Å². The molecule has 2 nitrogen and oxygen atoms in total. The maximum atomic E-state index is 5.61. The third-order valence-corrected chi connectivity index (χ3v) is 2.11. The van der Waals surface area contributed by atoms with E-state index >= 15 is 0 Å². The third kappa shape index (κ3) is 1.69. The lowest BCUT2D eigenvalue weighted by atomic mass is 10.1. The summed E-state index contributed by atoms with van der Waals surface area (Å²) in [6.07, 6.45) is 0. The molecule has 0 saturated heterocycles. The summed E-state index contributed by atoms with van der Waals surface area (Å²) >= 11 is 0. The van der Waals surface area contributed by atoms with E-state index in [4.69, 9.17) is 5.73 Å². The first-order chi connectivity index (χ1) is 5.81. The molecule has 2 rings (SSSR count). The van der Waals surface area contributed by atoms with Crippen molar-refractivity contribution in [2.75, 3.05) is 0 Å². The fourth-order valence-corrected chi connectivity index (χ4v) is 1.54. The highest BCUT2D eigenvalue weighted by molar-refractivity contribution is 5.85. The van der Waals surface area contributed by atoms with Gasteiger partial charge in [-0.15, -0.1) is 12.4 Å². The van der Waals surface area contributed by atoms with Gasteiger partial charge in [0.1, 0.15) is 0 Å². The Balaban J connectivity index is 0.000000845. The zero-order valence-electron chi connectivity index (χ0n) is 7.50. The van der Waals surface area contributed by atoms with Crippen LogP contribution in [0.15, 0.2) is 24.3 Å². The average molecular weight is 197 g/mol. The number of aromatic nitrogens is 1. The molecule has 2 aromatic rings. The summed E-state index contributed by atoms with van der Waals surface area (Å²) in [5, 5.41) is 1.25. The molecular weight excluding hydrogens is 184 g/mol. The highest BCUT2D eigenvalue weighted by Gasteiger charge is 2.00. The van der Waals surface area contributed by atoms with Gasteiger partial charge in [-0.2, -0.15) is 0 Å². The molecule has 1 aromatic carbocycles. The quantitative estimate of drug-likeness (QED) is 0.723. The van der Waals surface area contributed by atoms with Crippen LogP contribution in [0.1, 0.15) is 11.3 Å². The molecule has 0 fully saturated rings. The Morgan fingerprint density at radius 1 is 1.38 bits per heavy atom. The van der Waals surface area contributed by atoms with Gasteiger partial charge in [0.25, 0.3) is 0 Å². The minimum absolute atomic E-state index is 0. The summed E-state index contributed by atoms with van der Waals surface area (Å²) in [5.41, 5.74) is 9.18. The van der Waals surface area contributed by atoms with Gasteiger partial charge in [-0.05, 0) is 24.6 Å². The van der Waals surface area contributed by atoms with Gasteiger partial charge in [0, 0.05) is 23.1 Å². The Hall–Kier alpha value is -0.990. The molecule has 0 aliphatic carbocycles. The number of nitrogens with two attached hydrogens (primary N) is 1. The lowest BCUT2D eigenvalue weighted by Crippen LogP contribution is -1.95. The first-order valence-electron chi connectivity index (χ1n) is 4.08. The van der Waals surface area contributed by atoms with Crippen molar-refractivity contribution < 1.29 is 0 Å². The van der Waals surface area contributed by atoms with Crippen molar-refractivity contribution in [2.24, 2.45) is 5.73 Å². The van der Waals surface area contributed by atoms with E-state index in [-0.39, 0.29) is 12.4 Å². The Bertz CT molecular complexity index is 406. The van der Waals surface area contributed by atoms with Gasteiger partial charge in [0.15, 0.2) is 0 Å². The Labute approximate surface area is 83.5 Å². The molecule has 0 saturated carbocycles. The Kier molecular flexibility index (Phi) is 2.96. The molecular formula is C10H13ClN2. The van der Waals surface area contributed by atoms with Crippen LogP contribution in [0.2, 0.25) is 0 Å². The number of hydrogen-bond acceptors (Lipinski definition) is 1. The molecule has 0 bridgehead atoms. The highest BCUT2D eigenvalue weighted by Crippen LogP contribution is 2.18. The normalized spacial score (nSPS) is 10.0. The summed E-state index contributed by atoms with van der Waals surface area (Å²) in [6.45, 7) is 2.66. The average Bonchev–Trinajstić information content (AvgIpc) is 2.44. The predicted molar refractivity (Wildman–Crippen MR) is 58.2 cm³/mol. The van der Waals surface area contributed by atoms with E-state index in [1.807, 2.05) is 6.07 Å². The summed E-state index contributed by atoms with van der Waals surface area (Å²) in [7, 11) is 0. The number of H-pyrrole nitrogens is 1. The molecule has 3 heteroatoms. The number of hydrogen-bond donors (Lipinski definition) is 2. The summed E-state index contributed by atoms with van der Waals surface area (Å²) in [5.74, 6) is 0. The van der Waals surface area contributed by atoms with Crippen molar-refractivity contribution in [1.29, 1.82) is 0 Å². The molecule has 0 radical (unpaired) electrons. The maximum Gasteiger partial charge on any atom is 0.0459 e. The topological polar surface area (TPSA) is 41.8 Å². The van der Waals surface area contributed by atoms with Crippen LogP contribution >= 0.6 is 12.4 Å². The molecule has 3 N–H and O–H groups in total. The molecule has 1 aromatic heterocycles. The smallest absolute Gasteiger partial charge is 0.0459 e. The van der Waals surface area contributed by atoms with Crippen molar-refractivity contribution in [3.63, 3.8) is 0 Å². The fourth-order valence-electron chi connectivity index (χ4n) is 1.54. The monoisotopic (exact) mass is 196 g/mol. The van der Waals surface area contributed by atoms with E-state index < -0.39 is 0 Å². The van der Waals surface area contributed by atoms with Crippen LogP contribution in [0, 0.1) is 6.92 Å². The standard InChI is InChI=1S/C10H12N2.ClH/c1-7-5-9-8(6-11)3-2-4-10(9)12-7;/h2-5,12H,6,11H2,1H3;1H. The summed E-state index contributed by atoms with van der Waals surface area (Å²) in [4.78, 5) is 3.28. The SMILES string of the molecule is Cc1cc2c(CN)cccc2[nH]1.Cl. The van der Waals surface area contributed by atoms with E-state index in [2.05, 4.69) is 30.1 Å². The molecule has 0 spiro atoms. The third-order valence-electron chi connectivity index (χ3n) is 2.11. The van der Waals surface area contributed by atoms with Gasteiger partial charge >= 0.3 is 0 Å². The van der Waals surface area contributed by atoms with Crippen LogP contribution in [-0.4, -0.2) is 4.98 Å². The molecule has 0 aliphatic heterocycles. The first kappa shape index (κ1) is 10.1. The zero-order valence-corrected chi connectivity index (χ0v) is 8.32. The van der Waals surface area contributed by atoms with Crippen LogP contribution < -0.4 is 5.73 Å². The largest absolute Gasteiger partial charge is 0.359 e. The number of halogens is 1. The Morgan fingerprint density at radius 2 is 2.15 bits per heavy atom. The predicted octanol–water partition coefficient (Wildman–Crippen LogP) is 2.36. The van der Waals surface area contributed by atoms with Crippen molar-refractivity contribution >= 4 is 23.3 Å². The van der Waals surface area contributed by atoms with Crippen molar-refractivity contribution in [3.05, 3.63) is 35.5 Å². The van der Waals surface area contributed by atoms with Crippen LogP contribution in [0.5, 0.6) is 0 Å².